The van der Waals surface area contributed by atoms with Gasteiger partial charge in [-0.3, -0.25) is 9.98 Å². The van der Waals surface area contributed by atoms with Gasteiger partial charge in [-0.2, -0.15) is 13.2 Å². The van der Waals surface area contributed by atoms with Crippen LogP contribution < -0.4 is 5.73 Å². The molecule has 0 radical (unpaired) electrons. The van der Waals surface area contributed by atoms with Gasteiger partial charge in [0.1, 0.15) is 17.4 Å². The predicted molar refractivity (Wildman–Crippen MR) is 114 cm³/mol. The van der Waals surface area contributed by atoms with Gasteiger partial charge in [-0.15, -0.1) is 0 Å². The molecule has 1 aliphatic rings. The summed E-state index contributed by atoms with van der Waals surface area (Å²) in [5, 5.41) is 3.81. The molecular weight excluding hydrogens is 463 g/mol. The highest BCUT2D eigenvalue weighted by molar-refractivity contribution is 8.14. The van der Waals surface area contributed by atoms with Crippen molar-refractivity contribution in [1.29, 1.82) is 0 Å². The first-order valence-corrected chi connectivity index (χ1v) is 10.7. The molecule has 0 fully saturated rings. The van der Waals surface area contributed by atoms with E-state index in [9.17, 15) is 17.6 Å². The SMILES string of the molecule is Cc1noc(C)c1[C@@H]1C[C@@](C)(c2cc(-c3cnccc3C(F)(F)F)c(F)cc2F)N=C(N)S1. The molecule has 33 heavy (non-hydrogen) atoms. The normalized spacial score (nSPS) is 21.2. The number of aliphatic imine (C=N–C) groups is 1. The summed E-state index contributed by atoms with van der Waals surface area (Å²) in [7, 11) is 0. The molecule has 0 aliphatic carbocycles. The second-order valence-electron chi connectivity index (χ2n) is 8.00. The van der Waals surface area contributed by atoms with Gasteiger partial charge in [0.2, 0.25) is 0 Å². The number of rotatable bonds is 3. The van der Waals surface area contributed by atoms with Gasteiger partial charge in [-0.25, -0.2) is 8.78 Å². The van der Waals surface area contributed by atoms with E-state index in [2.05, 4.69) is 15.1 Å². The fourth-order valence-corrected chi connectivity index (χ4v) is 5.58. The topological polar surface area (TPSA) is 77.3 Å². The highest BCUT2D eigenvalue weighted by atomic mass is 32.2. The van der Waals surface area contributed by atoms with Crippen LogP contribution in [0.4, 0.5) is 22.0 Å². The first-order valence-electron chi connectivity index (χ1n) is 9.86. The summed E-state index contributed by atoms with van der Waals surface area (Å²) >= 11 is 1.26. The van der Waals surface area contributed by atoms with E-state index in [0.717, 1.165) is 30.1 Å². The van der Waals surface area contributed by atoms with Crippen molar-refractivity contribution in [2.24, 2.45) is 10.7 Å². The molecule has 174 valence electrons. The van der Waals surface area contributed by atoms with Crippen LogP contribution in [0.5, 0.6) is 0 Å². The van der Waals surface area contributed by atoms with Crippen LogP contribution in [0.25, 0.3) is 11.1 Å². The highest BCUT2D eigenvalue weighted by Gasteiger charge is 2.40. The van der Waals surface area contributed by atoms with Crippen LogP contribution in [-0.2, 0) is 11.7 Å². The maximum absolute atomic E-state index is 15.0. The number of benzene rings is 1. The molecule has 11 heteroatoms. The van der Waals surface area contributed by atoms with E-state index in [4.69, 9.17) is 10.3 Å². The van der Waals surface area contributed by atoms with Gasteiger partial charge in [-0.1, -0.05) is 16.9 Å². The lowest BCUT2D eigenvalue weighted by Crippen LogP contribution is -2.31. The number of amidine groups is 1. The molecule has 1 aliphatic heterocycles. The van der Waals surface area contributed by atoms with Crippen LogP contribution in [-0.4, -0.2) is 15.3 Å². The zero-order valence-electron chi connectivity index (χ0n) is 17.8. The minimum Gasteiger partial charge on any atom is -0.378 e. The maximum Gasteiger partial charge on any atom is 0.417 e. The molecule has 5 nitrogen and oxygen atoms in total. The van der Waals surface area contributed by atoms with Crippen LogP contribution in [0.1, 0.15) is 46.7 Å². The second kappa shape index (κ2) is 8.12. The molecule has 2 N–H and O–H groups in total. The molecule has 0 bridgehead atoms. The monoisotopic (exact) mass is 482 g/mol. The first kappa shape index (κ1) is 23.2. The fourth-order valence-electron chi connectivity index (χ4n) is 4.17. The molecule has 0 spiro atoms. The first-order chi connectivity index (χ1) is 15.4. The van der Waals surface area contributed by atoms with E-state index in [1.807, 2.05) is 0 Å². The maximum atomic E-state index is 15.0. The molecule has 0 amide bonds. The summed E-state index contributed by atoms with van der Waals surface area (Å²) in [4.78, 5) is 8.11. The smallest absolute Gasteiger partial charge is 0.378 e. The van der Waals surface area contributed by atoms with Crippen molar-refractivity contribution < 1.29 is 26.5 Å². The summed E-state index contributed by atoms with van der Waals surface area (Å²) in [6, 6.07) is 2.38. The van der Waals surface area contributed by atoms with Crippen molar-refractivity contribution in [2.45, 2.75) is 44.2 Å². The molecule has 3 heterocycles. The Balaban J connectivity index is 1.86. The Kier molecular flexibility index (Phi) is 5.71. The lowest BCUT2D eigenvalue weighted by atomic mass is 9.83. The molecule has 0 saturated heterocycles. The van der Waals surface area contributed by atoms with Gasteiger partial charge in [0.05, 0.1) is 16.8 Å². The fraction of sp³-hybridized carbons (Fsp3) is 0.318. The number of nitrogens with zero attached hydrogens (tertiary/aromatic N) is 3. The molecule has 0 unspecified atom stereocenters. The number of hydrogen-bond acceptors (Lipinski definition) is 6. The van der Waals surface area contributed by atoms with Crippen LogP contribution >= 0.6 is 11.8 Å². The minimum absolute atomic E-state index is 0.0733. The average molecular weight is 482 g/mol. The van der Waals surface area contributed by atoms with Crippen molar-refractivity contribution in [3.63, 3.8) is 0 Å². The largest absolute Gasteiger partial charge is 0.417 e. The van der Waals surface area contributed by atoms with E-state index < -0.39 is 40.0 Å². The molecule has 3 aromatic rings. The van der Waals surface area contributed by atoms with E-state index in [-0.39, 0.29) is 22.4 Å². The quantitative estimate of drug-likeness (QED) is 0.460. The number of halogens is 5. The molecule has 0 saturated carbocycles. The van der Waals surface area contributed by atoms with Gasteiger partial charge >= 0.3 is 6.18 Å². The number of hydrogen-bond donors (Lipinski definition) is 1. The Morgan fingerprint density at radius 3 is 2.52 bits per heavy atom. The second-order valence-corrected chi connectivity index (χ2v) is 9.23. The average Bonchev–Trinajstić information content (AvgIpc) is 3.04. The van der Waals surface area contributed by atoms with Crippen molar-refractivity contribution in [1.82, 2.24) is 10.1 Å². The molecule has 1 aromatic carbocycles. The Morgan fingerprint density at radius 1 is 1.15 bits per heavy atom. The van der Waals surface area contributed by atoms with Crippen molar-refractivity contribution >= 4 is 16.9 Å². The van der Waals surface area contributed by atoms with Crippen LogP contribution in [0.15, 0.2) is 40.1 Å². The standard InChI is InChI=1S/C22H19F5N4OS/c1-10-19(11(2)32-31-10)18-8-21(3,30-20(28)33-18)15-6-12(16(23)7-17(15)24)13-9-29-5-4-14(13)22(25,26)27/h4-7,9,18H,8H2,1-3H3,(H2,28,30)/t18-,21-/m0/s1. The number of aryl methyl sites for hydroxylation is 2. The van der Waals surface area contributed by atoms with Crippen molar-refractivity contribution in [2.75, 3.05) is 0 Å². The Labute approximate surface area is 190 Å². The lowest BCUT2D eigenvalue weighted by molar-refractivity contribution is -0.137. The number of aromatic nitrogens is 2. The number of alkyl halides is 3. The summed E-state index contributed by atoms with van der Waals surface area (Å²) in [6.07, 6.45) is -2.64. The molecular formula is C22H19F5N4OS. The van der Waals surface area contributed by atoms with E-state index in [1.165, 1.54) is 11.8 Å². The van der Waals surface area contributed by atoms with Crippen molar-refractivity contribution in [3.8, 4) is 11.1 Å². The van der Waals surface area contributed by atoms with Gasteiger partial charge in [0.25, 0.3) is 0 Å². The predicted octanol–water partition coefficient (Wildman–Crippen LogP) is 6.06. The van der Waals surface area contributed by atoms with Crippen LogP contribution in [0.3, 0.4) is 0 Å². The van der Waals surface area contributed by atoms with Crippen molar-refractivity contribution in [3.05, 3.63) is 70.4 Å². The minimum atomic E-state index is -4.75. The number of pyridine rings is 1. The van der Waals surface area contributed by atoms with Gasteiger partial charge in [-0.05, 0) is 39.3 Å². The third-order valence-corrected chi connectivity index (χ3v) is 6.69. The Morgan fingerprint density at radius 2 is 1.88 bits per heavy atom. The molecule has 2 aromatic heterocycles. The highest BCUT2D eigenvalue weighted by Crippen LogP contribution is 2.49. The number of nitrogens with two attached hydrogens (primary N) is 1. The summed E-state index contributed by atoms with van der Waals surface area (Å²) in [5.41, 5.74) is 4.16. The zero-order chi connectivity index (χ0) is 24.1. The van der Waals surface area contributed by atoms with Crippen LogP contribution in [0.2, 0.25) is 0 Å². The molecule has 4 rings (SSSR count). The lowest BCUT2D eigenvalue weighted by Gasteiger charge is -2.35. The van der Waals surface area contributed by atoms with E-state index in [0.29, 0.717) is 17.5 Å². The van der Waals surface area contributed by atoms with E-state index in [1.54, 1.807) is 20.8 Å². The van der Waals surface area contributed by atoms with Gasteiger partial charge < -0.3 is 10.3 Å². The third-order valence-electron chi connectivity index (χ3n) is 5.67. The van der Waals surface area contributed by atoms with E-state index >= 15 is 4.39 Å². The summed E-state index contributed by atoms with van der Waals surface area (Å²) < 4.78 is 75.6. The summed E-state index contributed by atoms with van der Waals surface area (Å²) in [5.74, 6) is -1.49. The zero-order valence-corrected chi connectivity index (χ0v) is 18.6. The number of thioether (sulfide) groups is 1. The third kappa shape index (κ3) is 4.21. The van der Waals surface area contributed by atoms with Gasteiger partial charge in [0.15, 0.2) is 5.17 Å². The van der Waals surface area contributed by atoms with Crippen LogP contribution in [0, 0.1) is 25.5 Å². The Hall–Kier alpha value is -2.95. The molecule has 2 atom stereocenters. The van der Waals surface area contributed by atoms with Gasteiger partial charge in [0, 0.05) is 46.0 Å². The Bertz CT molecular complexity index is 1240. The summed E-state index contributed by atoms with van der Waals surface area (Å²) in [6.45, 7) is 5.12.